The molecule has 2 aromatic rings. The lowest BCUT2D eigenvalue weighted by Gasteiger charge is -2.27. The molecule has 0 radical (unpaired) electrons. The molecule has 0 fully saturated rings. The maximum atomic E-state index is 13.3. The number of amides is 1. The van der Waals surface area contributed by atoms with Gasteiger partial charge in [0.2, 0.25) is 5.91 Å². The third kappa shape index (κ3) is 6.93. The standard InChI is InChI=1S/C23H34ClN5O4/c1-5-6-11-29-21(25)20(22(31)27-23(29)32)28(12-13-33-4)18(30)14-26-19(15(2)3)16-7-9-17(24)10-8-16/h7-10,15,19,26H,5-6,11-14,25H2,1-4H3,(H,27,31,32). The molecule has 0 aliphatic heterocycles. The zero-order valence-electron chi connectivity index (χ0n) is 19.7. The molecular weight excluding hydrogens is 446 g/mol. The predicted molar refractivity (Wildman–Crippen MR) is 132 cm³/mol. The second kappa shape index (κ2) is 12.6. The number of methoxy groups -OCH3 is 1. The molecule has 10 heteroatoms. The first-order valence-corrected chi connectivity index (χ1v) is 11.5. The summed E-state index contributed by atoms with van der Waals surface area (Å²) in [7, 11) is 1.51. The molecule has 9 nitrogen and oxygen atoms in total. The summed E-state index contributed by atoms with van der Waals surface area (Å²) in [6.07, 6.45) is 1.55. The van der Waals surface area contributed by atoms with Crippen molar-refractivity contribution < 1.29 is 9.53 Å². The van der Waals surface area contributed by atoms with Crippen LogP contribution in [0.25, 0.3) is 0 Å². The van der Waals surface area contributed by atoms with Crippen molar-refractivity contribution in [3.8, 4) is 0 Å². The molecule has 0 saturated heterocycles. The Hall–Kier alpha value is -2.62. The molecule has 1 aromatic carbocycles. The average molecular weight is 480 g/mol. The summed E-state index contributed by atoms with van der Waals surface area (Å²) in [5.74, 6) is -0.194. The van der Waals surface area contributed by atoms with Gasteiger partial charge >= 0.3 is 5.69 Å². The van der Waals surface area contributed by atoms with E-state index in [-0.39, 0.29) is 49.1 Å². The van der Waals surface area contributed by atoms with Crippen molar-refractivity contribution in [1.29, 1.82) is 0 Å². The molecule has 0 saturated carbocycles. The van der Waals surface area contributed by atoms with Crippen molar-refractivity contribution in [1.82, 2.24) is 14.9 Å². The molecule has 1 aromatic heterocycles. The zero-order chi connectivity index (χ0) is 24.5. The summed E-state index contributed by atoms with van der Waals surface area (Å²) in [5.41, 5.74) is 5.89. The maximum Gasteiger partial charge on any atom is 0.330 e. The number of halogens is 1. The van der Waals surface area contributed by atoms with Gasteiger partial charge in [-0.05, 0) is 30.0 Å². The van der Waals surface area contributed by atoms with E-state index in [9.17, 15) is 14.4 Å². The number of aromatic nitrogens is 2. The summed E-state index contributed by atoms with van der Waals surface area (Å²) in [4.78, 5) is 41.8. The Bertz CT molecular complexity index is 1030. The number of hydrogen-bond acceptors (Lipinski definition) is 6. The van der Waals surface area contributed by atoms with E-state index >= 15 is 0 Å². The number of rotatable bonds is 12. The minimum absolute atomic E-state index is 0.0280. The van der Waals surface area contributed by atoms with E-state index in [1.54, 1.807) is 12.1 Å². The van der Waals surface area contributed by atoms with Crippen molar-refractivity contribution in [2.45, 2.75) is 46.2 Å². The van der Waals surface area contributed by atoms with Crippen molar-refractivity contribution >= 4 is 29.0 Å². The van der Waals surface area contributed by atoms with Gasteiger partial charge in [-0.3, -0.25) is 19.1 Å². The Balaban J connectivity index is 2.34. The molecule has 2 rings (SSSR count). The van der Waals surface area contributed by atoms with Crippen LogP contribution in [0, 0.1) is 5.92 Å². The van der Waals surface area contributed by atoms with Crippen LogP contribution in [-0.2, 0) is 16.1 Å². The minimum Gasteiger partial charge on any atom is -0.383 e. The molecule has 182 valence electrons. The second-order valence-electron chi connectivity index (χ2n) is 8.19. The summed E-state index contributed by atoms with van der Waals surface area (Å²) in [6, 6.07) is 7.34. The Morgan fingerprint density at radius 3 is 2.52 bits per heavy atom. The summed E-state index contributed by atoms with van der Waals surface area (Å²) in [5, 5.41) is 3.92. The van der Waals surface area contributed by atoms with Crippen LogP contribution in [0.5, 0.6) is 0 Å². The number of nitrogen functional groups attached to an aromatic ring is 1. The summed E-state index contributed by atoms with van der Waals surface area (Å²) < 4.78 is 6.44. The predicted octanol–water partition coefficient (Wildman–Crippen LogP) is 2.54. The fourth-order valence-corrected chi connectivity index (χ4v) is 3.75. The highest BCUT2D eigenvalue weighted by Gasteiger charge is 2.25. The van der Waals surface area contributed by atoms with Crippen molar-refractivity contribution in [2.75, 3.05) is 37.4 Å². The smallest absolute Gasteiger partial charge is 0.330 e. The van der Waals surface area contributed by atoms with Gasteiger partial charge in [-0.1, -0.05) is 50.9 Å². The SMILES string of the molecule is CCCCn1c(N)c(N(CCOC)C(=O)CNC(c2ccc(Cl)cc2)C(C)C)c(=O)[nH]c1=O. The molecule has 33 heavy (non-hydrogen) atoms. The van der Waals surface area contributed by atoms with E-state index in [4.69, 9.17) is 22.1 Å². The number of nitrogens with two attached hydrogens (primary N) is 1. The first kappa shape index (κ1) is 26.6. The molecule has 0 spiro atoms. The van der Waals surface area contributed by atoms with Gasteiger partial charge in [0, 0.05) is 31.3 Å². The quantitative estimate of drug-likeness (QED) is 0.430. The number of carbonyl (C=O) groups is 1. The van der Waals surface area contributed by atoms with Gasteiger partial charge < -0.3 is 20.7 Å². The van der Waals surface area contributed by atoms with Gasteiger partial charge in [-0.25, -0.2) is 4.79 Å². The number of H-pyrrole nitrogens is 1. The third-order valence-electron chi connectivity index (χ3n) is 5.41. The molecule has 0 aliphatic carbocycles. The largest absolute Gasteiger partial charge is 0.383 e. The molecule has 4 N–H and O–H groups in total. The van der Waals surface area contributed by atoms with Crippen LogP contribution < -0.4 is 27.2 Å². The van der Waals surface area contributed by atoms with Crippen LogP contribution in [0.2, 0.25) is 5.02 Å². The van der Waals surface area contributed by atoms with E-state index in [1.807, 2.05) is 32.9 Å². The Morgan fingerprint density at radius 2 is 1.94 bits per heavy atom. The number of aromatic amines is 1. The monoisotopic (exact) mass is 479 g/mol. The normalized spacial score (nSPS) is 12.2. The van der Waals surface area contributed by atoms with Crippen LogP contribution in [0.4, 0.5) is 11.5 Å². The van der Waals surface area contributed by atoms with Crippen LogP contribution in [0.3, 0.4) is 0 Å². The van der Waals surface area contributed by atoms with Gasteiger partial charge in [0.25, 0.3) is 5.56 Å². The van der Waals surface area contributed by atoms with E-state index < -0.39 is 11.2 Å². The fraction of sp³-hybridized carbons (Fsp3) is 0.522. The number of carbonyl (C=O) groups excluding carboxylic acids is 1. The molecule has 1 atom stereocenters. The van der Waals surface area contributed by atoms with Crippen LogP contribution in [0.1, 0.15) is 45.2 Å². The number of unbranched alkanes of at least 4 members (excludes halogenated alkanes) is 1. The van der Waals surface area contributed by atoms with E-state index in [1.165, 1.54) is 16.6 Å². The van der Waals surface area contributed by atoms with Crippen molar-refractivity contribution in [3.05, 3.63) is 55.7 Å². The summed E-state index contributed by atoms with van der Waals surface area (Å²) in [6.45, 7) is 6.70. The number of anilines is 2. The van der Waals surface area contributed by atoms with Crippen LogP contribution >= 0.6 is 11.6 Å². The number of nitrogens with one attached hydrogen (secondary N) is 2. The zero-order valence-corrected chi connectivity index (χ0v) is 20.4. The number of hydrogen-bond donors (Lipinski definition) is 3. The van der Waals surface area contributed by atoms with Gasteiger partial charge in [-0.15, -0.1) is 0 Å². The van der Waals surface area contributed by atoms with Crippen molar-refractivity contribution in [3.63, 3.8) is 0 Å². The van der Waals surface area contributed by atoms with E-state index in [2.05, 4.69) is 10.3 Å². The Morgan fingerprint density at radius 1 is 1.27 bits per heavy atom. The molecule has 0 aliphatic rings. The van der Waals surface area contributed by atoms with Crippen molar-refractivity contribution in [2.24, 2.45) is 5.92 Å². The van der Waals surface area contributed by atoms with Gasteiger partial charge in [-0.2, -0.15) is 0 Å². The lowest BCUT2D eigenvalue weighted by Crippen LogP contribution is -2.46. The van der Waals surface area contributed by atoms with E-state index in [0.717, 1.165) is 12.0 Å². The third-order valence-corrected chi connectivity index (χ3v) is 5.66. The van der Waals surface area contributed by atoms with Gasteiger partial charge in [0.05, 0.1) is 13.2 Å². The first-order valence-electron chi connectivity index (χ1n) is 11.1. The molecule has 1 unspecified atom stereocenters. The highest BCUT2D eigenvalue weighted by atomic mass is 35.5. The van der Waals surface area contributed by atoms with Crippen LogP contribution in [0.15, 0.2) is 33.9 Å². The lowest BCUT2D eigenvalue weighted by atomic mass is 9.96. The second-order valence-corrected chi connectivity index (χ2v) is 8.63. The molecule has 1 amide bonds. The van der Waals surface area contributed by atoms with Gasteiger partial charge in [0.1, 0.15) is 5.82 Å². The number of benzene rings is 1. The highest BCUT2D eigenvalue weighted by Crippen LogP contribution is 2.23. The van der Waals surface area contributed by atoms with Crippen LogP contribution in [-0.4, -0.2) is 42.3 Å². The highest BCUT2D eigenvalue weighted by molar-refractivity contribution is 6.30. The fourth-order valence-electron chi connectivity index (χ4n) is 3.62. The first-order chi connectivity index (χ1) is 15.7. The number of nitrogens with zero attached hydrogens (tertiary/aromatic N) is 2. The Labute approximate surface area is 198 Å². The number of ether oxygens (including phenoxy) is 1. The molecular formula is C23H34ClN5O4. The minimum atomic E-state index is -0.701. The Kier molecular flexibility index (Phi) is 10.1. The lowest BCUT2D eigenvalue weighted by molar-refractivity contribution is -0.118. The maximum absolute atomic E-state index is 13.3. The summed E-state index contributed by atoms with van der Waals surface area (Å²) >= 11 is 6.00. The molecule has 0 bridgehead atoms. The topological polar surface area (TPSA) is 122 Å². The van der Waals surface area contributed by atoms with Gasteiger partial charge in [0.15, 0.2) is 5.69 Å². The van der Waals surface area contributed by atoms with E-state index in [0.29, 0.717) is 18.0 Å². The average Bonchev–Trinajstić information content (AvgIpc) is 2.76. The molecule has 1 heterocycles.